The van der Waals surface area contributed by atoms with Crippen LogP contribution in [-0.4, -0.2) is 25.5 Å². The summed E-state index contributed by atoms with van der Waals surface area (Å²) in [6.45, 7) is 4.62. The predicted molar refractivity (Wildman–Crippen MR) is 254 cm³/mol. The SMILES string of the molecule is CC1(C)c2ccccc2-c2ccc(-c3c(-c4cccc5c(-c6c7ccccc7c(-c7c(O)c(O)c(O)c(O)c7O)c7ccccc67)cccc45)ccc4oc5ccccc5c34)cc21. The van der Waals surface area contributed by atoms with Crippen LogP contribution in [0.4, 0.5) is 0 Å². The topological polar surface area (TPSA) is 114 Å². The summed E-state index contributed by atoms with van der Waals surface area (Å²) in [5, 5.41) is 61.4. The van der Waals surface area contributed by atoms with E-state index in [4.69, 9.17) is 4.42 Å². The summed E-state index contributed by atoms with van der Waals surface area (Å²) < 4.78 is 6.54. The molecule has 11 aromatic rings. The number of para-hydroxylation sites is 1. The molecular formula is C57H38O6. The van der Waals surface area contributed by atoms with Crippen LogP contribution in [0.3, 0.4) is 0 Å². The third kappa shape index (κ3) is 5.00. The summed E-state index contributed by atoms with van der Waals surface area (Å²) in [4.78, 5) is 0. The van der Waals surface area contributed by atoms with Crippen LogP contribution in [0.2, 0.25) is 0 Å². The van der Waals surface area contributed by atoms with E-state index in [-0.39, 0.29) is 11.0 Å². The van der Waals surface area contributed by atoms with Gasteiger partial charge in [0.2, 0.25) is 17.2 Å². The highest BCUT2D eigenvalue weighted by molar-refractivity contribution is 6.25. The lowest BCUT2D eigenvalue weighted by Gasteiger charge is -2.23. The Hall–Kier alpha value is -8.22. The maximum Gasteiger partial charge on any atom is 0.208 e. The molecule has 302 valence electrons. The molecule has 6 nitrogen and oxygen atoms in total. The summed E-state index contributed by atoms with van der Waals surface area (Å²) in [6, 6.07) is 56.4. The van der Waals surface area contributed by atoms with Crippen LogP contribution in [0.15, 0.2) is 168 Å². The Bertz CT molecular complexity index is 3690. The van der Waals surface area contributed by atoms with Crippen molar-refractivity contribution in [2.24, 2.45) is 0 Å². The number of rotatable bonds is 4. The number of fused-ring (bicyclic) bond motifs is 9. The third-order valence-electron chi connectivity index (χ3n) is 13.4. The summed E-state index contributed by atoms with van der Waals surface area (Å²) in [5.41, 5.74) is 13.1. The fourth-order valence-corrected chi connectivity index (χ4v) is 10.6. The molecule has 0 amide bonds. The summed E-state index contributed by atoms with van der Waals surface area (Å²) in [7, 11) is 0. The number of aromatic hydroxyl groups is 5. The average molecular weight is 819 g/mol. The maximum atomic E-state index is 11.3. The molecule has 1 aliphatic carbocycles. The van der Waals surface area contributed by atoms with E-state index in [9.17, 15) is 25.5 Å². The van der Waals surface area contributed by atoms with E-state index >= 15 is 0 Å². The first-order valence-electron chi connectivity index (χ1n) is 21.0. The number of furan rings is 1. The molecule has 0 saturated carbocycles. The zero-order chi connectivity index (χ0) is 42.9. The van der Waals surface area contributed by atoms with Crippen molar-refractivity contribution in [3.8, 4) is 84.4 Å². The van der Waals surface area contributed by atoms with Crippen molar-refractivity contribution in [3.63, 3.8) is 0 Å². The number of phenolic OH excluding ortho intramolecular Hbond substituents is 5. The van der Waals surface area contributed by atoms with Gasteiger partial charge in [-0.15, -0.1) is 0 Å². The predicted octanol–water partition coefficient (Wildman–Crippen LogP) is 14.5. The molecule has 0 atom stereocenters. The van der Waals surface area contributed by atoms with Gasteiger partial charge in [0.1, 0.15) is 11.2 Å². The standard InChI is InChI=1S/C57H38O6/c1-57(2)43-23-9-7-13-34(43)35-26-25-30(29-44(35)57)47-41(27-28-46-50(47)42-18-8-10-24-45(42)63-46)33-21-11-20-32-31(33)19-12-22-36(32)48-37-14-3-5-16-39(37)49(40-17-6-4-15-38(40)48)51-52(58)54(60)56(62)55(61)53(51)59/h3-29,58-62H,1-2H3. The van der Waals surface area contributed by atoms with Crippen molar-refractivity contribution in [3.05, 3.63) is 175 Å². The molecule has 1 aliphatic rings. The van der Waals surface area contributed by atoms with E-state index in [0.29, 0.717) is 16.3 Å². The molecule has 0 bridgehead atoms. The minimum absolute atomic E-state index is 0.185. The van der Waals surface area contributed by atoms with Crippen molar-refractivity contribution in [2.45, 2.75) is 19.3 Å². The second-order valence-corrected chi connectivity index (χ2v) is 17.1. The molecule has 0 saturated heterocycles. The first kappa shape index (κ1) is 36.6. The van der Waals surface area contributed by atoms with Gasteiger partial charge in [-0.25, -0.2) is 0 Å². The Kier molecular flexibility index (Phi) is 7.64. The van der Waals surface area contributed by atoms with Gasteiger partial charge in [0.25, 0.3) is 0 Å². The van der Waals surface area contributed by atoms with E-state index in [0.717, 1.165) is 76.9 Å². The monoisotopic (exact) mass is 818 g/mol. The Morgan fingerprint density at radius 3 is 1.51 bits per heavy atom. The van der Waals surface area contributed by atoms with Crippen molar-refractivity contribution in [2.75, 3.05) is 0 Å². The second-order valence-electron chi connectivity index (χ2n) is 17.1. The Morgan fingerprint density at radius 1 is 0.333 bits per heavy atom. The number of phenols is 5. The molecule has 6 heteroatoms. The van der Waals surface area contributed by atoms with Crippen LogP contribution in [0.1, 0.15) is 25.0 Å². The van der Waals surface area contributed by atoms with Crippen LogP contribution in [0.25, 0.3) is 110 Å². The van der Waals surface area contributed by atoms with Crippen molar-refractivity contribution >= 4 is 54.3 Å². The molecule has 63 heavy (non-hydrogen) atoms. The smallest absolute Gasteiger partial charge is 0.208 e. The molecule has 5 N–H and O–H groups in total. The Morgan fingerprint density at radius 2 is 0.825 bits per heavy atom. The summed E-state index contributed by atoms with van der Waals surface area (Å²) in [6.07, 6.45) is 0. The van der Waals surface area contributed by atoms with Gasteiger partial charge in [-0.05, 0) is 107 Å². The number of benzene rings is 10. The van der Waals surface area contributed by atoms with Gasteiger partial charge >= 0.3 is 0 Å². The van der Waals surface area contributed by atoms with E-state index in [1.807, 2.05) is 60.7 Å². The zero-order valence-corrected chi connectivity index (χ0v) is 34.2. The van der Waals surface area contributed by atoms with Crippen LogP contribution in [0.5, 0.6) is 28.7 Å². The number of hydrogen-bond donors (Lipinski definition) is 5. The first-order chi connectivity index (χ1) is 30.6. The molecule has 0 aliphatic heterocycles. The van der Waals surface area contributed by atoms with Crippen LogP contribution in [-0.2, 0) is 5.41 Å². The Labute approximate surface area is 361 Å². The van der Waals surface area contributed by atoms with Gasteiger partial charge in [0.05, 0.1) is 5.56 Å². The van der Waals surface area contributed by atoms with Crippen LogP contribution in [0, 0.1) is 0 Å². The van der Waals surface area contributed by atoms with Crippen molar-refractivity contribution < 1.29 is 29.9 Å². The second kappa shape index (κ2) is 13.1. The molecule has 10 aromatic carbocycles. The van der Waals surface area contributed by atoms with Gasteiger partial charge in [-0.1, -0.05) is 153 Å². The lowest BCUT2D eigenvalue weighted by molar-refractivity contribution is 0.330. The molecular weight excluding hydrogens is 781 g/mol. The average Bonchev–Trinajstić information content (AvgIpc) is 3.81. The molecule has 0 spiro atoms. The van der Waals surface area contributed by atoms with Gasteiger partial charge in [0, 0.05) is 27.3 Å². The minimum Gasteiger partial charge on any atom is -0.504 e. The fourth-order valence-electron chi connectivity index (χ4n) is 10.6. The first-order valence-corrected chi connectivity index (χ1v) is 21.0. The van der Waals surface area contributed by atoms with Crippen molar-refractivity contribution in [1.29, 1.82) is 0 Å². The summed E-state index contributed by atoms with van der Waals surface area (Å²) in [5.74, 6) is -4.33. The van der Waals surface area contributed by atoms with E-state index in [2.05, 4.69) is 117 Å². The molecule has 1 heterocycles. The molecule has 0 radical (unpaired) electrons. The van der Waals surface area contributed by atoms with Crippen molar-refractivity contribution in [1.82, 2.24) is 0 Å². The highest BCUT2D eigenvalue weighted by Gasteiger charge is 2.36. The minimum atomic E-state index is -1.00. The van der Waals surface area contributed by atoms with Gasteiger partial charge < -0.3 is 29.9 Å². The highest BCUT2D eigenvalue weighted by atomic mass is 16.4. The van der Waals surface area contributed by atoms with E-state index in [1.165, 1.54) is 22.3 Å². The quantitative estimate of drug-likeness (QED) is 0.0686. The van der Waals surface area contributed by atoms with Crippen LogP contribution >= 0.6 is 0 Å². The number of hydrogen-bond acceptors (Lipinski definition) is 6. The molecule has 0 fully saturated rings. The summed E-state index contributed by atoms with van der Waals surface area (Å²) >= 11 is 0. The highest BCUT2D eigenvalue weighted by Crippen LogP contribution is 2.58. The molecule has 1 aromatic heterocycles. The van der Waals surface area contributed by atoms with Gasteiger partial charge in [0.15, 0.2) is 11.5 Å². The lowest BCUT2D eigenvalue weighted by atomic mass is 9.80. The third-order valence-corrected chi connectivity index (χ3v) is 13.4. The van der Waals surface area contributed by atoms with Crippen LogP contribution < -0.4 is 0 Å². The molecule has 12 rings (SSSR count). The normalized spacial score (nSPS) is 13.0. The zero-order valence-electron chi connectivity index (χ0n) is 34.2. The van der Waals surface area contributed by atoms with Gasteiger partial charge in [-0.2, -0.15) is 0 Å². The Balaban J connectivity index is 1.14. The van der Waals surface area contributed by atoms with E-state index < -0.39 is 28.7 Å². The van der Waals surface area contributed by atoms with E-state index in [1.54, 1.807) is 0 Å². The maximum absolute atomic E-state index is 11.3. The fraction of sp³-hybridized carbons (Fsp3) is 0.0526. The molecule has 0 unspecified atom stereocenters. The van der Waals surface area contributed by atoms with Gasteiger partial charge in [-0.3, -0.25) is 0 Å². The lowest BCUT2D eigenvalue weighted by Crippen LogP contribution is -2.14. The largest absolute Gasteiger partial charge is 0.504 e.